The fourth-order valence-electron chi connectivity index (χ4n) is 3.59. The third-order valence-corrected chi connectivity index (χ3v) is 4.84. The van der Waals surface area contributed by atoms with Gasteiger partial charge in [-0.3, -0.25) is 4.90 Å². The minimum absolute atomic E-state index is 0.332. The van der Waals surface area contributed by atoms with E-state index in [-0.39, 0.29) is 0 Å². The van der Waals surface area contributed by atoms with Crippen molar-refractivity contribution in [3.63, 3.8) is 0 Å². The van der Waals surface area contributed by atoms with Crippen LogP contribution in [-0.2, 0) is 4.74 Å². The summed E-state index contributed by atoms with van der Waals surface area (Å²) in [5, 5.41) is 3.39. The molecule has 0 saturated carbocycles. The second kappa shape index (κ2) is 8.44. The van der Waals surface area contributed by atoms with Crippen LogP contribution >= 0.6 is 0 Å². The molecule has 1 atom stereocenters. The molecule has 0 bridgehead atoms. The lowest BCUT2D eigenvalue weighted by Gasteiger charge is -2.43. The van der Waals surface area contributed by atoms with E-state index in [1.165, 1.54) is 52.1 Å². The van der Waals surface area contributed by atoms with E-state index < -0.39 is 0 Å². The van der Waals surface area contributed by atoms with Crippen LogP contribution in [0.15, 0.2) is 0 Å². The van der Waals surface area contributed by atoms with Crippen LogP contribution in [0, 0.1) is 5.41 Å². The molecular formula is C16H34N4O. The van der Waals surface area contributed by atoms with E-state index >= 15 is 0 Å². The van der Waals surface area contributed by atoms with Gasteiger partial charge in [-0.15, -0.1) is 0 Å². The van der Waals surface area contributed by atoms with Crippen molar-refractivity contribution in [3.05, 3.63) is 0 Å². The molecule has 1 N–H and O–H groups in total. The molecule has 0 spiro atoms. The van der Waals surface area contributed by atoms with Gasteiger partial charge < -0.3 is 19.9 Å². The van der Waals surface area contributed by atoms with E-state index in [4.69, 9.17) is 4.74 Å². The zero-order valence-electron chi connectivity index (χ0n) is 14.2. The van der Waals surface area contributed by atoms with Crippen LogP contribution in [0.3, 0.4) is 0 Å². The zero-order valence-corrected chi connectivity index (χ0v) is 14.2. The number of ether oxygens (including phenoxy) is 1. The Balaban J connectivity index is 1.76. The molecule has 0 radical (unpaired) electrons. The van der Waals surface area contributed by atoms with Gasteiger partial charge in [-0.05, 0) is 34.0 Å². The van der Waals surface area contributed by atoms with Crippen LogP contribution in [-0.4, -0.2) is 101 Å². The molecule has 2 aliphatic heterocycles. The van der Waals surface area contributed by atoms with Gasteiger partial charge in [-0.2, -0.15) is 0 Å². The van der Waals surface area contributed by atoms with Crippen LogP contribution in [0.4, 0.5) is 0 Å². The Hall–Kier alpha value is -0.200. The summed E-state index contributed by atoms with van der Waals surface area (Å²) in [5.74, 6) is 0. The lowest BCUT2D eigenvalue weighted by molar-refractivity contribution is -0.0321. The molecule has 0 amide bonds. The van der Waals surface area contributed by atoms with Crippen molar-refractivity contribution in [2.24, 2.45) is 5.41 Å². The monoisotopic (exact) mass is 298 g/mol. The predicted octanol–water partition coefficient (Wildman–Crippen LogP) is 0.182. The Morgan fingerprint density at radius 1 is 1.14 bits per heavy atom. The van der Waals surface area contributed by atoms with Crippen molar-refractivity contribution >= 4 is 0 Å². The zero-order chi connectivity index (χ0) is 15.1. The van der Waals surface area contributed by atoms with Gasteiger partial charge in [0.1, 0.15) is 0 Å². The summed E-state index contributed by atoms with van der Waals surface area (Å²) >= 11 is 0. The van der Waals surface area contributed by atoms with E-state index in [0.717, 1.165) is 26.3 Å². The highest BCUT2D eigenvalue weighted by atomic mass is 16.5. The number of nitrogens with zero attached hydrogens (tertiary/aromatic N) is 3. The normalized spacial score (nSPS) is 29.1. The van der Waals surface area contributed by atoms with Crippen LogP contribution in [0.1, 0.15) is 12.8 Å². The molecule has 21 heavy (non-hydrogen) atoms. The Morgan fingerprint density at radius 2 is 1.86 bits per heavy atom. The Kier molecular flexibility index (Phi) is 6.89. The molecular weight excluding hydrogens is 264 g/mol. The highest BCUT2D eigenvalue weighted by Crippen LogP contribution is 2.29. The molecule has 0 aromatic heterocycles. The molecule has 2 saturated heterocycles. The van der Waals surface area contributed by atoms with Crippen molar-refractivity contribution in [2.45, 2.75) is 12.8 Å². The topological polar surface area (TPSA) is 31.0 Å². The molecule has 2 aliphatic rings. The van der Waals surface area contributed by atoms with Gasteiger partial charge in [0.2, 0.25) is 0 Å². The largest absolute Gasteiger partial charge is 0.381 e. The number of likely N-dealkylation sites (N-methyl/N-ethyl adjacent to an activating group) is 1. The van der Waals surface area contributed by atoms with Gasteiger partial charge >= 0.3 is 0 Å². The summed E-state index contributed by atoms with van der Waals surface area (Å²) < 4.78 is 5.78. The fourth-order valence-corrected chi connectivity index (χ4v) is 3.59. The summed E-state index contributed by atoms with van der Waals surface area (Å²) in [5.41, 5.74) is 0.332. The molecule has 1 unspecified atom stereocenters. The number of piperazine rings is 1. The third kappa shape index (κ3) is 5.49. The summed E-state index contributed by atoms with van der Waals surface area (Å²) in [4.78, 5) is 7.52. The van der Waals surface area contributed by atoms with Gasteiger partial charge in [-0.25, -0.2) is 0 Å². The van der Waals surface area contributed by atoms with Crippen LogP contribution in [0.25, 0.3) is 0 Å². The average Bonchev–Trinajstić information content (AvgIpc) is 2.47. The minimum atomic E-state index is 0.332. The Bertz CT molecular complexity index is 278. The highest BCUT2D eigenvalue weighted by Gasteiger charge is 2.35. The van der Waals surface area contributed by atoms with E-state index in [9.17, 15) is 0 Å². The summed E-state index contributed by atoms with van der Waals surface area (Å²) in [6.07, 6.45) is 2.51. The molecule has 124 valence electrons. The van der Waals surface area contributed by atoms with Gasteiger partial charge in [0.25, 0.3) is 0 Å². The highest BCUT2D eigenvalue weighted by molar-refractivity contribution is 4.88. The molecule has 5 heteroatoms. The third-order valence-electron chi connectivity index (χ3n) is 4.84. The quantitative estimate of drug-likeness (QED) is 0.725. The predicted molar refractivity (Wildman–Crippen MR) is 87.8 cm³/mol. The first-order valence-electron chi connectivity index (χ1n) is 8.45. The van der Waals surface area contributed by atoms with Crippen molar-refractivity contribution < 1.29 is 4.74 Å². The molecule has 0 aliphatic carbocycles. The maximum absolute atomic E-state index is 5.78. The van der Waals surface area contributed by atoms with Crippen LogP contribution in [0.5, 0.6) is 0 Å². The van der Waals surface area contributed by atoms with E-state index in [1.807, 2.05) is 0 Å². The fraction of sp³-hybridized carbons (Fsp3) is 1.00. The van der Waals surface area contributed by atoms with Crippen LogP contribution in [0.2, 0.25) is 0 Å². The summed E-state index contributed by atoms with van der Waals surface area (Å²) in [6, 6.07) is 0. The first-order chi connectivity index (χ1) is 10.1. The molecule has 5 nitrogen and oxygen atoms in total. The van der Waals surface area contributed by atoms with Crippen molar-refractivity contribution in [3.8, 4) is 0 Å². The molecule has 2 fully saturated rings. The number of nitrogens with one attached hydrogen (secondary N) is 1. The molecule has 0 aromatic carbocycles. The number of hydrogen-bond acceptors (Lipinski definition) is 5. The second-order valence-electron chi connectivity index (χ2n) is 7.11. The Labute approximate surface area is 130 Å². The maximum Gasteiger partial charge on any atom is 0.0546 e. The first-order valence-corrected chi connectivity index (χ1v) is 8.45. The van der Waals surface area contributed by atoms with E-state index in [1.54, 1.807) is 0 Å². The smallest absolute Gasteiger partial charge is 0.0546 e. The number of hydrogen-bond donors (Lipinski definition) is 1. The number of rotatable bonds is 7. The lowest BCUT2D eigenvalue weighted by Crippen LogP contribution is -2.54. The van der Waals surface area contributed by atoms with Crippen molar-refractivity contribution in [1.82, 2.24) is 20.0 Å². The van der Waals surface area contributed by atoms with Crippen molar-refractivity contribution in [1.29, 1.82) is 0 Å². The van der Waals surface area contributed by atoms with Gasteiger partial charge in [0.15, 0.2) is 0 Å². The van der Waals surface area contributed by atoms with E-state index in [2.05, 4.69) is 41.2 Å². The Morgan fingerprint density at radius 3 is 2.43 bits per heavy atom. The summed E-state index contributed by atoms with van der Waals surface area (Å²) in [6.45, 7) is 11.3. The molecule has 0 aromatic rings. The first kappa shape index (κ1) is 17.2. The van der Waals surface area contributed by atoms with Crippen molar-refractivity contribution in [2.75, 3.05) is 86.7 Å². The van der Waals surface area contributed by atoms with Gasteiger partial charge in [0.05, 0.1) is 6.61 Å². The second-order valence-corrected chi connectivity index (χ2v) is 7.11. The van der Waals surface area contributed by atoms with E-state index in [0.29, 0.717) is 5.41 Å². The van der Waals surface area contributed by atoms with Gasteiger partial charge in [0, 0.05) is 64.4 Å². The average molecular weight is 298 g/mol. The minimum Gasteiger partial charge on any atom is -0.381 e. The SMILES string of the molecule is CNCC1(CN2CCN(CCN(C)C)CC2)CCCOC1. The van der Waals surface area contributed by atoms with Crippen LogP contribution < -0.4 is 5.32 Å². The standard InChI is InChI=1S/C16H34N4O/c1-17-13-16(5-4-12-21-15-16)14-20-10-8-19(9-11-20)7-6-18(2)3/h17H,4-15H2,1-3H3. The maximum atomic E-state index is 5.78. The molecule has 2 heterocycles. The molecule has 2 rings (SSSR count). The summed E-state index contributed by atoms with van der Waals surface area (Å²) in [7, 11) is 6.37. The lowest BCUT2D eigenvalue weighted by atomic mass is 9.81. The van der Waals surface area contributed by atoms with Gasteiger partial charge in [-0.1, -0.05) is 0 Å².